The van der Waals surface area contributed by atoms with E-state index in [0.29, 0.717) is 32.0 Å². The van der Waals surface area contributed by atoms with Gasteiger partial charge in [-0.15, -0.1) is 0 Å². The predicted molar refractivity (Wildman–Crippen MR) is 91.8 cm³/mol. The van der Waals surface area contributed by atoms with Gasteiger partial charge in [-0.25, -0.2) is 5.10 Å². The van der Waals surface area contributed by atoms with Crippen molar-refractivity contribution in [2.75, 3.05) is 12.1 Å². The van der Waals surface area contributed by atoms with Crippen molar-refractivity contribution in [3.63, 3.8) is 0 Å². The number of hydrogen-bond acceptors (Lipinski definition) is 7. The number of hydrogen-bond donors (Lipinski definition) is 1. The fraction of sp³-hybridized carbons (Fsp3) is 0.286. The predicted octanol–water partition coefficient (Wildman–Crippen LogP) is 3.24. The molecule has 6 nitrogen and oxygen atoms in total. The second kappa shape index (κ2) is 6.71. The normalized spacial score (nSPS) is 14.3. The van der Waals surface area contributed by atoms with Crippen LogP contribution in [0.3, 0.4) is 0 Å². The van der Waals surface area contributed by atoms with E-state index in [1.807, 2.05) is 0 Å². The van der Waals surface area contributed by atoms with Gasteiger partial charge in [0.2, 0.25) is 0 Å². The monoisotopic (exact) mass is 387 g/mol. The summed E-state index contributed by atoms with van der Waals surface area (Å²) in [6, 6.07) is 1.08. The van der Waals surface area contributed by atoms with Crippen LogP contribution in [0, 0.1) is 6.92 Å². The molecule has 3 rings (SSSR count). The molecule has 0 unspecified atom stereocenters. The van der Waals surface area contributed by atoms with Crippen LogP contribution in [0.1, 0.15) is 16.8 Å². The van der Waals surface area contributed by atoms with Crippen molar-refractivity contribution in [2.24, 2.45) is 5.10 Å². The third-order valence-electron chi connectivity index (χ3n) is 3.41. The van der Waals surface area contributed by atoms with Gasteiger partial charge < -0.3 is 0 Å². The van der Waals surface area contributed by atoms with Crippen LogP contribution >= 0.6 is 23.5 Å². The van der Waals surface area contributed by atoms with Crippen molar-refractivity contribution in [1.82, 2.24) is 15.2 Å². The molecule has 0 aromatic carbocycles. The van der Waals surface area contributed by atoms with E-state index in [1.54, 1.807) is 19.0 Å². The van der Waals surface area contributed by atoms with Crippen LogP contribution in [-0.2, 0) is 11.9 Å². The molecule has 0 amide bonds. The van der Waals surface area contributed by atoms with E-state index >= 15 is 0 Å². The molecule has 0 spiro atoms. The number of aromatic nitrogens is 3. The lowest BCUT2D eigenvalue weighted by molar-refractivity contribution is -0.137. The highest BCUT2D eigenvalue weighted by molar-refractivity contribution is 8.38. The molecule has 0 aliphatic carbocycles. The van der Waals surface area contributed by atoms with Gasteiger partial charge in [0, 0.05) is 19.0 Å². The van der Waals surface area contributed by atoms with Crippen molar-refractivity contribution in [2.45, 2.75) is 23.7 Å². The summed E-state index contributed by atoms with van der Waals surface area (Å²) in [5.74, 6) is 0.349. The molecular weight excluding hydrogens is 375 g/mol. The first kappa shape index (κ1) is 17.8. The standard InChI is InChI=1S/C14H12F3N5OS2/c1-7-3-8(14(15,16)17)4-18-9(7)6-24-13-21-22(2)10-5-19-20-12(23)11(10)25-13/h3-5H,6H2,1-2H3,(H,20,23). The minimum Gasteiger partial charge on any atom is -0.267 e. The molecule has 1 aliphatic heterocycles. The van der Waals surface area contributed by atoms with Gasteiger partial charge in [0.05, 0.1) is 23.1 Å². The van der Waals surface area contributed by atoms with Crippen LogP contribution in [0.15, 0.2) is 33.3 Å². The van der Waals surface area contributed by atoms with Gasteiger partial charge in [-0.3, -0.25) is 14.8 Å². The minimum absolute atomic E-state index is 0.314. The van der Waals surface area contributed by atoms with E-state index in [1.165, 1.54) is 29.7 Å². The highest BCUT2D eigenvalue weighted by atomic mass is 32.2. The van der Waals surface area contributed by atoms with E-state index in [9.17, 15) is 18.0 Å². The van der Waals surface area contributed by atoms with Gasteiger partial charge in [-0.05, 0) is 18.6 Å². The summed E-state index contributed by atoms with van der Waals surface area (Å²) < 4.78 is 38.7. The smallest absolute Gasteiger partial charge is 0.267 e. The number of thioether (sulfide) groups is 2. The molecule has 132 valence electrons. The summed E-state index contributed by atoms with van der Waals surface area (Å²) in [4.78, 5) is 16.3. The Bertz CT molecular complexity index is 897. The maximum Gasteiger partial charge on any atom is 0.417 e. The Labute approximate surface area is 148 Å². The Morgan fingerprint density at radius 2 is 2.12 bits per heavy atom. The number of H-pyrrole nitrogens is 1. The van der Waals surface area contributed by atoms with Gasteiger partial charge in [0.15, 0.2) is 4.38 Å². The summed E-state index contributed by atoms with van der Waals surface area (Å²) >= 11 is 2.51. The van der Waals surface area contributed by atoms with Crippen LogP contribution in [0.4, 0.5) is 18.9 Å². The second-order valence-electron chi connectivity index (χ2n) is 5.18. The SMILES string of the molecule is Cc1cc(C(F)(F)F)cnc1CSC1=NN(C)c2cn[nH]c(=O)c2S1. The number of nitrogens with zero attached hydrogens (tertiary/aromatic N) is 4. The van der Waals surface area contributed by atoms with Gasteiger partial charge in [-0.1, -0.05) is 23.5 Å². The molecule has 2 aromatic heterocycles. The van der Waals surface area contributed by atoms with Crippen molar-refractivity contribution < 1.29 is 13.2 Å². The average molecular weight is 387 g/mol. The molecule has 0 atom stereocenters. The molecule has 3 heterocycles. The summed E-state index contributed by atoms with van der Waals surface area (Å²) in [5, 5.41) is 12.0. The Morgan fingerprint density at radius 3 is 2.80 bits per heavy atom. The van der Waals surface area contributed by atoms with Crippen molar-refractivity contribution >= 4 is 33.6 Å². The van der Waals surface area contributed by atoms with Gasteiger partial charge in [0.25, 0.3) is 5.56 Å². The zero-order chi connectivity index (χ0) is 18.2. The summed E-state index contributed by atoms with van der Waals surface area (Å²) in [7, 11) is 1.70. The molecule has 1 N–H and O–H groups in total. The quantitative estimate of drug-likeness (QED) is 0.853. The van der Waals surface area contributed by atoms with E-state index in [4.69, 9.17) is 0 Å². The number of rotatable bonds is 2. The van der Waals surface area contributed by atoms with Crippen LogP contribution < -0.4 is 10.6 Å². The third-order valence-corrected chi connectivity index (χ3v) is 5.61. The first-order valence-electron chi connectivity index (χ1n) is 6.99. The summed E-state index contributed by atoms with van der Waals surface area (Å²) in [6.07, 6.45) is -2.07. The largest absolute Gasteiger partial charge is 0.417 e. The number of aryl methyl sites for hydroxylation is 1. The molecule has 0 bridgehead atoms. The zero-order valence-corrected chi connectivity index (χ0v) is 14.7. The molecule has 0 saturated heterocycles. The number of hydrazone groups is 1. The molecule has 1 aliphatic rings. The van der Waals surface area contributed by atoms with Crippen LogP contribution in [0.25, 0.3) is 0 Å². The number of alkyl halides is 3. The number of halogens is 3. The van der Waals surface area contributed by atoms with E-state index in [-0.39, 0.29) is 5.56 Å². The summed E-state index contributed by atoms with van der Waals surface area (Å²) in [5.41, 5.74) is 0.516. The topological polar surface area (TPSA) is 74.2 Å². The van der Waals surface area contributed by atoms with E-state index in [0.717, 1.165) is 12.3 Å². The molecule has 25 heavy (non-hydrogen) atoms. The number of fused-ring (bicyclic) bond motifs is 1. The fourth-order valence-corrected chi connectivity index (χ4v) is 4.26. The van der Waals surface area contributed by atoms with Gasteiger partial charge >= 0.3 is 6.18 Å². The van der Waals surface area contributed by atoms with Crippen LogP contribution in [-0.4, -0.2) is 26.6 Å². The summed E-state index contributed by atoms with van der Waals surface area (Å²) in [6.45, 7) is 1.59. The van der Waals surface area contributed by atoms with Crippen molar-refractivity contribution in [3.8, 4) is 0 Å². The molecular formula is C14H12F3N5OS2. The van der Waals surface area contributed by atoms with Crippen molar-refractivity contribution in [3.05, 3.63) is 45.6 Å². The Morgan fingerprint density at radius 1 is 1.36 bits per heavy atom. The van der Waals surface area contributed by atoms with E-state index < -0.39 is 11.7 Å². The lowest BCUT2D eigenvalue weighted by Crippen LogP contribution is -2.22. The second-order valence-corrected chi connectivity index (χ2v) is 7.40. The highest BCUT2D eigenvalue weighted by Gasteiger charge is 2.31. The number of aromatic amines is 1. The maximum absolute atomic E-state index is 12.7. The number of anilines is 1. The van der Waals surface area contributed by atoms with Gasteiger partial charge in [-0.2, -0.15) is 23.4 Å². The Kier molecular flexibility index (Phi) is 4.78. The van der Waals surface area contributed by atoms with Crippen molar-refractivity contribution in [1.29, 1.82) is 0 Å². The lowest BCUT2D eigenvalue weighted by Gasteiger charge is -2.21. The van der Waals surface area contributed by atoms with Crippen LogP contribution in [0.2, 0.25) is 0 Å². The first-order valence-corrected chi connectivity index (χ1v) is 8.79. The minimum atomic E-state index is -4.41. The molecule has 2 aromatic rings. The fourth-order valence-electron chi connectivity index (χ4n) is 2.09. The molecule has 0 fully saturated rings. The van der Waals surface area contributed by atoms with E-state index in [2.05, 4.69) is 20.3 Å². The average Bonchev–Trinajstić information content (AvgIpc) is 2.54. The zero-order valence-electron chi connectivity index (χ0n) is 13.1. The highest BCUT2D eigenvalue weighted by Crippen LogP contribution is 2.36. The Hall–Kier alpha value is -2.01. The molecule has 11 heteroatoms. The molecule has 0 radical (unpaired) electrons. The maximum atomic E-state index is 12.7. The Balaban J connectivity index is 1.75. The third kappa shape index (κ3) is 3.82. The number of nitrogens with one attached hydrogen (secondary N) is 1. The first-order chi connectivity index (χ1) is 11.8. The molecule has 0 saturated carbocycles. The van der Waals surface area contributed by atoms with Gasteiger partial charge in [0.1, 0.15) is 4.90 Å². The lowest BCUT2D eigenvalue weighted by atomic mass is 10.1. The number of pyridine rings is 1. The van der Waals surface area contributed by atoms with Crippen LogP contribution in [0.5, 0.6) is 0 Å².